The zero-order chi connectivity index (χ0) is 38.2. The molecule has 0 radical (unpaired) electrons. The summed E-state index contributed by atoms with van der Waals surface area (Å²) < 4.78 is 0. The molecule has 0 amide bonds. The predicted molar refractivity (Wildman–Crippen MR) is 244 cm³/mol. The van der Waals surface area contributed by atoms with Crippen molar-refractivity contribution in [3.63, 3.8) is 0 Å². The number of nitrogens with zero attached hydrogens (tertiary/aromatic N) is 2. The van der Waals surface area contributed by atoms with Gasteiger partial charge < -0.3 is 9.80 Å². The molecule has 8 aliphatic rings. The Morgan fingerprint density at radius 2 is 1.03 bits per heavy atom. The first-order valence-electron chi connectivity index (χ1n) is 22.6. The van der Waals surface area contributed by atoms with Crippen LogP contribution in [0.4, 0.5) is 34.1 Å². The Balaban J connectivity index is 1.11. The van der Waals surface area contributed by atoms with Gasteiger partial charge in [0.2, 0.25) is 0 Å². The minimum atomic E-state index is 0.0445. The summed E-state index contributed by atoms with van der Waals surface area (Å²) in [5, 5.41) is 0. The number of rotatable bonds is 2. The van der Waals surface area contributed by atoms with Gasteiger partial charge in [0.1, 0.15) is 0 Å². The van der Waals surface area contributed by atoms with Gasteiger partial charge in [-0.1, -0.05) is 122 Å². The molecule has 3 heteroatoms. The van der Waals surface area contributed by atoms with E-state index in [4.69, 9.17) is 0 Å². The topological polar surface area (TPSA) is 6.48 Å². The lowest BCUT2D eigenvalue weighted by Crippen LogP contribution is -2.61. The fraction of sp³-hybridized carbons (Fsp3) is 0.250. The van der Waals surface area contributed by atoms with Crippen LogP contribution >= 0.6 is 0 Å². The van der Waals surface area contributed by atoms with Crippen LogP contribution in [0.15, 0.2) is 152 Å². The Bertz CT molecular complexity index is 2970. The van der Waals surface area contributed by atoms with Crippen molar-refractivity contribution in [3.05, 3.63) is 174 Å². The van der Waals surface area contributed by atoms with Gasteiger partial charge >= 0.3 is 0 Å². The average molecular weight is 757 g/mol. The summed E-state index contributed by atoms with van der Waals surface area (Å²) in [6.45, 7) is 0.102. The average Bonchev–Trinajstić information content (AvgIpc) is 4.17. The van der Waals surface area contributed by atoms with E-state index in [0.29, 0.717) is 5.92 Å². The maximum absolute atomic E-state index is 2.77. The normalized spacial score (nSPS) is 27.5. The standard InChI is InChI=1S/C56H45BN2/c1-3-13-38(14-4-1)58-49-22-12-11-21-47(49)57-48-30-45-42(40-17-7-9-19-43(40)55(45)32-34-23-25-36(55)27-34)29-50(48)59(39-15-5-2-6-16-39)54-52-41-18-8-10-20-44(41)56(33-35-24-26-37(56)28-35)46(52)31-51(58)53(54)57/h1-22,29-31,34-37H,23-28,32-33H2/t34-,35?,36+,37-,55-,56-/m0/s1. The first-order valence-corrected chi connectivity index (χ1v) is 22.6. The van der Waals surface area contributed by atoms with Gasteiger partial charge in [-0.05, 0) is 160 Å². The second kappa shape index (κ2) is 11.1. The molecule has 282 valence electrons. The zero-order valence-electron chi connectivity index (χ0n) is 33.4. The molecular weight excluding hydrogens is 711 g/mol. The van der Waals surface area contributed by atoms with Crippen LogP contribution in [0, 0.1) is 23.7 Å². The first kappa shape index (κ1) is 32.1. The molecule has 2 nitrogen and oxygen atoms in total. The van der Waals surface area contributed by atoms with Crippen molar-refractivity contribution >= 4 is 57.2 Å². The molecule has 2 aliphatic heterocycles. The summed E-state index contributed by atoms with van der Waals surface area (Å²) in [7, 11) is 0. The lowest BCUT2D eigenvalue weighted by Gasteiger charge is -2.46. The molecule has 15 rings (SSSR count). The van der Waals surface area contributed by atoms with Gasteiger partial charge in [-0.25, -0.2) is 0 Å². The Kier molecular flexibility index (Phi) is 6.02. The number of anilines is 6. The summed E-state index contributed by atoms with van der Waals surface area (Å²) in [5.41, 5.74) is 24.7. The van der Waals surface area contributed by atoms with E-state index in [2.05, 4.69) is 161 Å². The van der Waals surface area contributed by atoms with E-state index >= 15 is 0 Å². The summed E-state index contributed by atoms with van der Waals surface area (Å²) in [4.78, 5) is 5.39. The van der Waals surface area contributed by atoms with Crippen molar-refractivity contribution in [2.24, 2.45) is 23.7 Å². The maximum atomic E-state index is 2.77. The van der Waals surface area contributed by atoms with E-state index in [1.54, 1.807) is 22.3 Å². The van der Waals surface area contributed by atoms with E-state index in [0.717, 1.165) is 17.8 Å². The van der Waals surface area contributed by atoms with Gasteiger partial charge in [0.25, 0.3) is 6.71 Å². The van der Waals surface area contributed by atoms with Crippen molar-refractivity contribution in [2.75, 3.05) is 9.80 Å². The van der Waals surface area contributed by atoms with Crippen LogP contribution in [-0.2, 0) is 10.8 Å². The molecule has 0 aromatic heterocycles. The van der Waals surface area contributed by atoms with Crippen LogP contribution in [0.1, 0.15) is 73.6 Å². The molecule has 2 heterocycles. The van der Waals surface area contributed by atoms with E-state index in [1.165, 1.54) is 124 Å². The quantitative estimate of drug-likeness (QED) is 0.162. The smallest absolute Gasteiger partial charge is 0.252 e. The van der Waals surface area contributed by atoms with Gasteiger partial charge in [0, 0.05) is 44.8 Å². The second-order valence-corrected chi connectivity index (χ2v) is 19.6. The molecule has 7 aromatic carbocycles. The van der Waals surface area contributed by atoms with Gasteiger partial charge in [-0.15, -0.1) is 0 Å². The molecule has 6 atom stereocenters. The third-order valence-electron chi connectivity index (χ3n) is 17.3. The number of fused-ring (bicyclic) bond motifs is 21. The highest BCUT2D eigenvalue weighted by atomic mass is 15.2. The summed E-state index contributed by atoms with van der Waals surface area (Å²) >= 11 is 0. The minimum absolute atomic E-state index is 0.0445. The highest BCUT2D eigenvalue weighted by Crippen LogP contribution is 2.69. The van der Waals surface area contributed by atoms with Crippen LogP contribution in [0.3, 0.4) is 0 Å². The molecular formula is C56H45BN2. The van der Waals surface area contributed by atoms with E-state index in [1.807, 2.05) is 0 Å². The zero-order valence-corrected chi connectivity index (χ0v) is 33.4. The van der Waals surface area contributed by atoms with Crippen molar-refractivity contribution in [3.8, 4) is 22.3 Å². The molecule has 4 saturated carbocycles. The lowest BCUT2D eigenvalue weighted by molar-refractivity contribution is 0.327. The lowest BCUT2D eigenvalue weighted by atomic mass is 9.33. The van der Waals surface area contributed by atoms with Crippen molar-refractivity contribution in [1.82, 2.24) is 0 Å². The van der Waals surface area contributed by atoms with Crippen LogP contribution in [-0.4, -0.2) is 6.71 Å². The van der Waals surface area contributed by atoms with Crippen LogP contribution in [0.5, 0.6) is 0 Å². The van der Waals surface area contributed by atoms with Crippen LogP contribution in [0.2, 0.25) is 0 Å². The molecule has 59 heavy (non-hydrogen) atoms. The number of para-hydroxylation sites is 3. The molecule has 4 fully saturated rings. The molecule has 6 aliphatic carbocycles. The number of benzene rings is 7. The highest BCUT2D eigenvalue weighted by molar-refractivity contribution is 7.00. The van der Waals surface area contributed by atoms with Gasteiger partial charge in [-0.3, -0.25) is 0 Å². The number of hydrogen-bond acceptors (Lipinski definition) is 2. The van der Waals surface area contributed by atoms with Crippen molar-refractivity contribution in [2.45, 2.75) is 62.2 Å². The van der Waals surface area contributed by atoms with Crippen molar-refractivity contribution < 1.29 is 0 Å². The Morgan fingerprint density at radius 1 is 0.441 bits per heavy atom. The van der Waals surface area contributed by atoms with E-state index < -0.39 is 0 Å². The Labute approximate surface area is 347 Å². The van der Waals surface area contributed by atoms with E-state index in [-0.39, 0.29) is 17.5 Å². The van der Waals surface area contributed by atoms with Crippen LogP contribution in [0.25, 0.3) is 22.3 Å². The maximum Gasteiger partial charge on any atom is 0.252 e. The Morgan fingerprint density at radius 3 is 1.71 bits per heavy atom. The monoisotopic (exact) mass is 756 g/mol. The molecule has 1 unspecified atom stereocenters. The van der Waals surface area contributed by atoms with E-state index in [9.17, 15) is 0 Å². The SMILES string of the molecule is c1ccc(N2c3ccccc3B3c4cc5c(cc4N(c4ccccc4)c4c3c2cc2c4-c3ccccc3[C@@]23CC2CC[C@H]3C2)-c2ccccc2[C@@]52C[C@H]3CC[C@@H]2C3)cc1. The largest absolute Gasteiger partial charge is 0.311 e. The fourth-order valence-corrected chi connectivity index (χ4v) is 15.4. The van der Waals surface area contributed by atoms with Gasteiger partial charge in [0.15, 0.2) is 0 Å². The second-order valence-electron chi connectivity index (χ2n) is 19.6. The summed E-state index contributed by atoms with van der Waals surface area (Å²) in [5.74, 6) is 3.03. The third kappa shape index (κ3) is 3.75. The summed E-state index contributed by atoms with van der Waals surface area (Å²) in [6, 6.07) is 59.5. The molecule has 4 bridgehead atoms. The minimum Gasteiger partial charge on any atom is -0.311 e. The van der Waals surface area contributed by atoms with Crippen molar-refractivity contribution in [1.29, 1.82) is 0 Å². The summed E-state index contributed by atoms with van der Waals surface area (Å²) in [6.07, 6.45) is 10.8. The fourth-order valence-electron chi connectivity index (χ4n) is 15.4. The van der Waals surface area contributed by atoms with Crippen LogP contribution < -0.4 is 26.2 Å². The highest BCUT2D eigenvalue weighted by Gasteiger charge is 2.60. The Hall–Kier alpha value is -5.80. The molecule has 2 spiro atoms. The predicted octanol–water partition coefficient (Wildman–Crippen LogP) is 11.9. The molecule has 7 aromatic rings. The molecule has 0 N–H and O–H groups in total. The third-order valence-corrected chi connectivity index (χ3v) is 17.3. The molecule has 0 saturated heterocycles. The van der Waals surface area contributed by atoms with Gasteiger partial charge in [0.05, 0.1) is 5.69 Å². The first-order chi connectivity index (χ1) is 29.2. The number of hydrogen-bond donors (Lipinski definition) is 0. The van der Waals surface area contributed by atoms with Gasteiger partial charge in [-0.2, -0.15) is 0 Å².